The molecule has 0 amide bonds. The van der Waals surface area contributed by atoms with Crippen LogP contribution in [0.2, 0.25) is 0 Å². The van der Waals surface area contributed by atoms with Gasteiger partial charge >= 0.3 is 23.3 Å². The molecule has 7 heteroatoms. The molecule has 1 heterocycles. The minimum Gasteiger partial charge on any atom is -0.341 e. The van der Waals surface area contributed by atoms with Gasteiger partial charge in [0.1, 0.15) is 0 Å². The third-order valence-electron chi connectivity index (χ3n) is 0.877. The Morgan fingerprint density at radius 2 is 1.82 bits per heavy atom. The van der Waals surface area contributed by atoms with E-state index in [-0.39, 0.29) is 12.8 Å². The first kappa shape index (κ1) is 8.15. The van der Waals surface area contributed by atoms with E-state index in [9.17, 15) is 13.8 Å². The Bertz CT molecular complexity index is 191. The Kier molecular flexibility index (Phi) is 2.55. The lowest BCUT2D eigenvalue weighted by Gasteiger charge is -2.05. The van der Waals surface area contributed by atoms with Crippen LogP contribution in [-0.2, 0) is 34.4 Å². The molecule has 6 nitrogen and oxygen atoms in total. The van der Waals surface area contributed by atoms with Gasteiger partial charge in [-0.3, -0.25) is 9.68 Å². The van der Waals surface area contributed by atoms with Crippen LogP contribution >= 0.6 is 0 Å². The van der Waals surface area contributed by atoms with Crippen LogP contribution in [0.1, 0.15) is 12.8 Å². The lowest BCUT2D eigenvalue weighted by molar-refractivity contribution is -0.215. The van der Waals surface area contributed by atoms with Gasteiger partial charge in [-0.2, -0.15) is 4.21 Å². The standard InChI is InChI=1S/C4H4O6S/c5-3-1-2-4(6)9-11(7)10-8-3/h1-2H2. The van der Waals surface area contributed by atoms with Crippen molar-refractivity contribution in [3.8, 4) is 0 Å². The van der Waals surface area contributed by atoms with Gasteiger partial charge in [-0.15, -0.1) is 0 Å². The van der Waals surface area contributed by atoms with E-state index in [1.165, 1.54) is 0 Å². The number of hydrogen-bond acceptors (Lipinski definition) is 6. The van der Waals surface area contributed by atoms with Crippen molar-refractivity contribution in [1.29, 1.82) is 0 Å². The Labute approximate surface area is 64.2 Å². The molecular formula is C4H4O6S. The number of hydrogen-bond donors (Lipinski definition) is 0. The first-order valence-electron chi connectivity index (χ1n) is 2.69. The number of carbonyl (C=O) groups excluding carboxylic acids is 2. The predicted molar refractivity (Wildman–Crippen MR) is 30.6 cm³/mol. The summed E-state index contributed by atoms with van der Waals surface area (Å²) >= 11 is -2.31. The molecule has 62 valence electrons. The summed E-state index contributed by atoms with van der Waals surface area (Å²) in [4.78, 5) is 24.9. The van der Waals surface area contributed by atoms with Crippen LogP contribution in [0.3, 0.4) is 0 Å². The summed E-state index contributed by atoms with van der Waals surface area (Å²) < 4.78 is 18.3. The molecule has 0 bridgehead atoms. The summed E-state index contributed by atoms with van der Waals surface area (Å²) in [5, 5.41) is 0. The Morgan fingerprint density at radius 3 is 2.55 bits per heavy atom. The first-order chi connectivity index (χ1) is 5.18. The molecular weight excluding hydrogens is 176 g/mol. The van der Waals surface area contributed by atoms with Crippen LogP contribution in [0, 0.1) is 0 Å². The van der Waals surface area contributed by atoms with Gasteiger partial charge in [0.2, 0.25) is 0 Å². The summed E-state index contributed by atoms with van der Waals surface area (Å²) in [5.41, 5.74) is 0. The second-order valence-corrected chi connectivity index (χ2v) is 2.39. The molecule has 1 unspecified atom stereocenters. The zero-order chi connectivity index (χ0) is 8.27. The van der Waals surface area contributed by atoms with E-state index in [0.29, 0.717) is 0 Å². The van der Waals surface area contributed by atoms with E-state index in [2.05, 4.69) is 13.4 Å². The number of rotatable bonds is 0. The van der Waals surface area contributed by atoms with E-state index in [0.717, 1.165) is 0 Å². The summed E-state index contributed by atoms with van der Waals surface area (Å²) in [6, 6.07) is 0. The highest BCUT2D eigenvalue weighted by Crippen LogP contribution is 2.04. The highest BCUT2D eigenvalue weighted by Gasteiger charge is 2.19. The van der Waals surface area contributed by atoms with Gasteiger partial charge in [0.15, 0.2) is 0 Å². The summed E-state index contributed by atoms with van der Waals surface area (Å²) in [6.45, 7) is 0. The maximum Gasteiger partial charge on any atom is 0.401 e. The average molecular weight is 180 g/mol. The van der Waals surface area contributed by atoms with Gasteiger partial charge in [0.25, 0.3) is 0 Å². The second-order valence-electron chi connectivity index (χ2n) is 1.68. The highest BCUT2D eigenvalue weighted by atomic mass is 32.2. The topological polar surface area (TPSA) is 78.9 Å². The Balaban J connectivity index is 2.53. The van der Waals surface area contributed by atoms with Crippen LogP contribution in [0.4, 0.5) is 0 Å². The van der Waals surface area contributed by atoms with Crippen LogP contribution in [-0.4, -0.2) is 16.1 Å². The van der Waals surface area contributed by atoms with Crippen molar-refractivity contribution in [3.05, 3.63) is 0 Å². The van der Waals surface area contributed by atoms with E-state index in [4.69, 9.17) is 0 Å². The molecule has 0 N–H and O–H groups in total. The summed E-state index contributed by atoms with van der Waals surface area (Å²) in [7, 11) is 0. The van der Waals surface area contributed by atoms with Crippen molar-refractivity contribution < 1.29 is 27.2 Å². The van der Waals surface area contributed by atoms with Crippen molar-refractivity contribution in [2.45, 2.75) is 12.8 Å². The molecule has 1 rings (SSSR count). The SMILES string of the molecule is O=C1CCC(=O)OS(=O)OO1. The van der Waals surface area contributed by atoms with Crippen molar-refractivity contribution in [1.82, 2.24) is 0 Å². The fourth-order valence-corrected chi connectivity index (χ4v) is 0.837. The fraction of sp³-hybridized carbons (Fsp3) is 0.500. The van der Waals surface area contributed by atoms with Crippen molar-refractivity contribution >= 4 is 23.3 Å². The molecule has 0 aromatic carbocycles. The molecule has 0 aromatic rings. The van der Waals surface area contributed by atoms with Gasteiger partial charge in [-0.1, -0.05) is 0 Å². The van der Waals surface area contributed by atoms with Gasteiger partial charge in [0, 0.05) is 0 Å². The van der Waals surface area contributed by atoms with Gasteiger partial charge < -0.3 is 4.18 Å². The van der Waals surface area contributed by atoms with E-state index >= 15 is 0 Å². The maximum atomic E-state index is 10.5. The molecule has 0 aromatic heterocycles. The molecule has 0 radical (unpaired) electrons. The molecule has 1 aliphatic rings. The molecule has 1 fully saturated rings. The number of carbonyl (C=O) groups is 2. The van der Waals surface area contributed by atoms with E-state index in [1.54, 1.807) is 0 Å². The van der Waals surface area contributed by atoms with E-state index in [1.807, 2.05) is 0 Å². The maximum absolute atomic E-state index is 10.5. The third-order valence-corrected chi connectivity index (χ3v) is 1.38. The molecule has 0 spiro atoms. The largest absolute Gasteiger partial charge is 0.401 e. The van der Waals surface area contributed by atoms with Crippen LogP contribution in [0.15, 0.2) is 0 Å². The molecule has 0 saturated carbocycles. The van der Waals surface area contributed by atoms with Crippen LogP contribution in [0.25, 0.3) is 0 Å². The van der Waals surface area contributed by atoms with Gasteiger partial charge in [-0.05, 0) is 4.33 Å². The lowest BCUT2D eigenvalue weighted by Crippen LogP contribution is -2.18. The highest BCUT2D eigenvalue weighted by molar-refractivity contribution is 7.75. The molecule has 1 saturated heterocycles. The van der Waals surface area contributed by atoms with Gasteiger partial charge in [0.05, 0.1) is 12.8 Å². The van der Waals surface area contributed by atoms with Crippen molar-refractivity contribution in [2.24, 2.45) is 0 Å². The Hall–Kier alpha value is -0.950. The summed E-state index contributed by atoms with van der Waals surface area (Å²) in [5.74, 6) is -1.49. The molecule has 1 atom stereocenters. The minimum absolute atomic E-state index is 0.129. The van der Waals surface area contributed by atoms with Gasteiger partial charge in [-0.25, -0.2) is 4.79 Å². The average Bonchev–Trinajstić information content (AvgIpc) is 1.95. The minimum atomic E-state index is -2.31. The fourth-order valence-electron chi connectivity index (χ4n) is 0.443. The lowest BCUT2D eigenvalue weighted by atomic mass is 10.3. The van der Waals surface area contributed by atoms with Crippen LogP contribution in [0.5, 0.6) is 0 Å². The predicted octanol–water partition coefficient (Wildman–Crippen LogP) is -0.623. The third kappa shape index (κ3) is 2.64. The first-order valence-corrected chi connectivity index (χ1v) is 3.69. The molecule has 0 aliphatic carbocycles. The summed E-state index contributed by atoms with van der Waals surface area (Å²) in [6.07, 6.45) is -0.274. The monoisotopic (exact) mass is 180 g/mol. The quantitative estimate of drug-likeness (QED) is 0.462. The smallest absolute Gasteiger partial charge is 0.341 e. The van der Waals surface area contributed by atoms with E-state index < -0.39 is 23.3 Å². The van der Waals surface area contributed by atoms with Crippen molar-refractivity contribution in [3.63, 3.8) is 0 Å². The van der Waals surface area contributed by atoms with Crippen molar-refractivity contribution in [2.75, 3.05) is 0 Å². The zero-order valence-electron chi connectivity index (χ0n) is 5.27. The van der Waals surface area contributed by atoms with Crippen LogP contribution < -0.4 is 0 Å². The molecule has 11 heavy (non-hydrogen) atoms. The normalized spacial score (nSPS) is 26.4. The second kappa shape index (κ2) is 3.44. The Morgan fingerprint density at radius 1 is 1.18 bits per heavy atom. The zero-order valence-corrected chi connectivity index (χ0v) is 6.09. The molecule has 1 aliphatic heterocycles.